The molecule has 1 aromatic carbocycles. The van der Waals surface area contributed by atoms with Gasteiger partial charge in [-0.3, -0.25) is 4.21 Å². The molecule has 0 aliphatic heterocycles. The van der Waals surface area contributed by atoms with E-state index >= 15 is 0 Å². The van der Waals surface area contributed by atoms with E-state index in [-0.39, 0.29) is 0 Å². The van der Waals surface area contributed by atoms with E-state index in [1.165, 1.54) is 0 Å². The molecule has 0 fully saturated rings. The molecule has 3 nitrogen and oxygen atoms in total. The van der Waals surface area contributed by atoms with Crippen molar-refractivity contribution < 1.29 is 4.21 Å². The summed E-state index contributed by atoms with van der Waals surface area (Å²) in [5.41, 5.74) is 1.73. The highest BCUT2D eigenvalue weighted by molar-refractivity contribution is 7.84. The summed E-state index contributed by atoms with van der Waals surface area (Å²) in [6, 6.07) is 7.37. The van der Waals surface area contributed by atoms with Crippen molar-refractivity contribution in [3.05, 3.63) is 29.8 Å². The molecule has 0 amide bonds. The van der Waals surface area contributed by atoms with Crippen LogP contribution < -0.4 is 5.84 Å². The average Bonchev–Trinajstić information content (AvgIpc) is 2.17. The maximum Gasteiger partial charge on any atom is 0.0641 e. The van der Waals surface area contributed by atoms with Crippen molar-refractivity contribution in [2.75, 3.05) is 6.26 Å². The van der Waals surface area contributed by atoms with Gasteiger partial charge in [-0.25, -0.2) is 0 Å². The Bertz CT molecular complexity index is 343. The van der Waals surface area contributed by atoms with Gasteiger partial charge in [0.25, 0.3) is 0 Å². The topological polar surface area (TPSA) is 55.4 Å². The first-order chi connectivity index (χ1) is 6.15. The van der Waals surface area contributed by atoms with Gasteiger partial charge in [0.2, 0.25) is 0 Å². The maximum absolute atomic E-state index is 11.1. The molecule has 70 valence electrons. The van der Waals surface area contributed by atoms with Gasteiger partial charge in [-0.2, -0.15) is 5.10 Å². The second-order valence-corrected chi connectivity index (χ2v) is 4.07. The summed E-state index contributed by atoms with van der Waals surface area (Å²) < 4.78 is 11.1. The molecule has 0 aliphatic rings. The van der Waals surface area contributed by atoms with Gasteiger partial charge in [-0.05, 0) is 24.6 Å². The van der Waals surface area contributed by atoms with E-state index < -0.39 is 10.8 Å². The molecule has 0 radical (unpaired) electrons. The lowest BCUT2D eigenvalue weighted by Gasteiger charge is -2.00. The van der Waals surface area contributed by atoms with Gasteiger partial charge in [0.15, 0.2) is 0 Å². The zero-order valence-corrected chi connectivity index (χ0v) is 8.47. The third-order valence-electron chi connectivity index (χ3n) is 1.80. The van der Waals surface area contributed by atoms with E-state index in [0.717, 1.165) is 16.2 Å². The Morgan fingerprint density at radius 1 is 1.38 bits per heavy atom. The standard InChI is InChI=1S/C9H12N2OS/c1-7(11-10)8-3-5-9(6-4-8)13(2)12/h3-6H,10H2,1-2H3/b11-7-. The summed E-state index contributed by atoms with van der Waals surface area (Å²) in [7, 11) is -0.924. The van der Waals surface area contributed by atoms with Crippen molar-refractivity contribution in [2.45, 2.75) is 11.8 Å². The Balaban J connectivity index is 3.00. The first kappa shape index (κ1) is 9.92. The SMILES string of the molecule is C/C(=N/N)c1ccc(S(C)=O)cc1. The van der Waals surface area contributed by atoms with E-state index in [1.54, 1.807) is 6.26 Å². The van der Waals surface area contributed by atoms with Crippen LogP contribution in [0.1, 0.15) is 12.5 Å². The Hall–Kier alpha value is -1.16. The Morgan fingerprint density at radius 2 is 1.92 bits per heavy atom. The minimum Gasteiger partial charge on any atom is -0.323 e. The van der Waals surface area contributed by atoms with Crippen molar-refractivity contribution in [2.24, 2.45) is 10.9 Å². The van der Waals surface area contributed by atoms with Gasteiger partial charge in [0.05, 0.1) is 5.71 Å². The fourth-order valence-corrected chi connectivity index (χ4v) is 1.48. The van der Waals surface area contributed by atoms with Crippen LogP contribution in [0, 0.1) is 0 Å². The number of hydrogen-bond acceptors (Lipinski definition) is 3. The minimum atomic E-state index is -0.924. The van der Waals surface area contributed by atoms with E-state index in [1.807, 2.05) is 31.2 Å². The van der Waals surface area contributed by atoms with Crippen LogP contribution >= 0.6 is 0 Å². The molecule has 0 heterocycles. The molecule has 0 aliphatic carbocycles. The van der Waals surface area contributed by atoms with Crippen molar-refractivity contribution in [3.63, 3.8) is 0 Å². The molecular formula is C9H12N2OS. The van der Waals surface area contributed by atoms with Crippen LogP contribution in [0.5, 0.6) is 0 Å². The summed E-state index contributed by atoms with van der Waals surface area (Å²) in [6.45, 7) is 1.83. The van der Waals surface area contributed by atoms with Crippen LogP contribution in [-0.4, -0.2) is 16.2 Å². The smallest absolute Gasteiger partial charge is 0.0641 e. The van der Waals surface area contributed by atoms with E-state index in [2.05, 4.69) is 5.10 Å². The third kappa shape index (κ3) is 2.39. The predicted octanol–water partition coefficient (Wildman–Crippen LogP) is 1.11. The van der Waals surface area contributed by atoms with Gasteiger partial charge < -0.3 is 5.84 Å². The fourth-order valence-electron chi connectivity index (χ4n) is 0.962. The van der Waals surface area contributed by atoms with Gasteiger partial charge in [0.1, 0.15) is 0 Å². The molecule has 0 saturated heterocycles. The quantitative estimate of drug-likeness (QED) is 0.437. The highest BCUT2D eigenvalue weighted by atomic mass is 32.2. The molecule has 0 spiro atoms. The van der Waals surface area contributed by atoms with Crippen LogP contribution in [0.4, 0.5) is 0 Å². The Kier molecular flexibility index (Phi) is 3.19. The number of rotatable bonds is 2. The maximum atomic E-state index is 11.1. The summed E-state index contributed by atoms with van der Waals surface area (Å²) in [5, 5.41) is 3.57. The lowest BCUT2D eigenvalue weighted by molar-refractivity contribution is 0.687. The minimum absolute atomic E-state index is 0.772. The van der Waals surface area contributed by atoms with Crippen LogP contribution in [0.3, 0.4) is 0 Å². The first-order valence-corrected chi connectivity index (χ1v) is 5.39. The predicted molar refractivity (Wildman–Crippen MR) is 55.2 cm³/mol. The van der Waals surface area contributed by atoms with Gasteiger partial charge in [-0.1, -0.05) is 12.1 Å². The lowest BCUT2D eigenvalue weighted by atomic mass is 10.1. The summed E-state index contributed by atoms with van der Waals surface area (Å²) >= 11 is 0. The molecule has 0 bridgehead atoms. The summed E-state index contributed by atoms with van der Waals surface area (Å²) in [5.74, 6) is 5.13. The molecule has 4 heteroatoms. The van der Waals surface area contributed by atoms with Crippen molar-refractivity contribution in [1.29, 1.82) is 0 Å². The van der Waals surface area contributed by atoms with Gasteiger partial charge in [-0.15, -0.1) is 0 Å². The molecule has 1 aromatic rings. The largest absolute Gasteiger partial charge is 0.323 e. The highest BCUT2D eigenvalue weighted by Crippen LogP contribution is 2.08. The van der Waals surface area contributed by atoms with Crippen LogP contribution in [0.15, 0.2) is 34.3 Å². The molecule has 1 atom stereocenters. The number of hydrogen-bond donors (Lipinski definition) is 1. The number of benzene rings is 1. The Labute approximate surface area is 80.1 Å². The van der Waals surface area contributed by atoms with Crippen molar-refractivity contribution in [3.8, 4) is 0 Å². The van der Waals surface area contributed by atoms with Crippen molar-refractivity contribution >= 4 is 16.5 Å². The van der Waals surface area contributed by atoms with Crippen molar-refractivity contribution in [1.82, 2.24) is 0 Å². The van der Waals surface area contributed by atoms with E-state index in [0.29, 0.717) is 0 Å². The van der Waals surface area contributed by atoms with Crippen LogP contribution in [0.25, 0.3) is 0 Å². The van der Waals surface area contributed by atoms with Crippen LogP contribution in [0.2, 0.25) is 0 Å². The normalized spacial score (nSPS) is 14.2. The Morgan fingerprint density at radius 3 is 2.31 bits per heavy atom. The second-order valence-electron chi connectivity index (χ2n) is 2.69. The zero-order chi connectivity index (χ0) is 9.84. The molecule has 0 saturated carbocycles. The summed E-state index contributed by atoms with van der Waals surface area (Å²) in [6.07, 6.45) is 1.65. The molecule has 0 aromatic heterocycles. The second kappa shape index (κ2) is 4.18. The third-order valence-corrected chi connectivity index (χ3v) is 2.73. The van der Waals surface area contributed by atoms with Gasteiger partial charge >= 0.3 is 0 Å². The monoisotopic (exact) mass is 196 g/mol. The zero-order valence-electron chi connectivity index (χ0n) is 7.65. The average molecular weight is 196 g/mol. The highest BCUT2D eigenvalue weighted by Gasteiger charge is 1.99. The fraction of sp³-hybridized carbons (Fsp3) is 0.222. The molecule has 13 heavy (non-hydrogen) atoms. The first-order valence-electron chi connectivity index (χ1n) is 3.83. The molecule has 1 rings (SSSR count). The molecule has 1 unspecified atom stereocenters. The van der Waals surface area contributed by atoms with E-state index in [9.17, 15) is 4.21 Å². The van der Waals surface area contributed by atoms with Crippen LogP contribution in [-0.2, 0) is 10.8 Å². The molecular weight excluding hydrogens is 184 g/mol. The number of hydrazone groups is 1. The molecule has 2 N–H and O–H groups in total. The number of nitrogens with zero attached hydrogens (tertiary/aromatic N) is 1. The van der Waals surface area contributed by atoms with Gasteiger partial charge in [0, 0.05) is 22.0 Å². The number of nitrogens with two attached hydrogens (primary N) is 1. The lowest BCUT2D eigenvalue weighted by Crippen LogP contribution is -1.98. The van der Waals surface area contributed by atoms with E-state index in [4.69, 9.17) is 5.84 Å². The summed E-state index contributed by atoms with van der Waals surface area (Å²) in [4.78, 5) is 0.813.